The highest BCUT2D eigenvalue weighted by molar-refractivity contribution is 7.87. The second-order valence-corrected chi connectivity index (χ2v) is 12.9. The molecule has 222 valence electrons. The van der Waals surface area contributed by atoms with Crippen LogP contribution in [0.4, 0.5) is 17.5 Å². The fourth-order valence-electron chi connectivity index (χ4n) is 5.88. The van der Waals surface area contributed by atoms with Gasteiger partial charge in [0.25, 0.3) is 5.56 Å². The van der Waals surface area contributed by atoms with Gasteiger partial charge in [0.15, 0.2) is 5.78 Å². The normalized spacial score (nSPS) is 18.4. The Hall–Kier alpha value is -3.91. The Bertz CT molecular complexity index is 1700. The molecule has 3 aromatic heterocycles. The van der Waals surface area contributed by atoms with Crippen molar-refractivity contribution in [1.82, 2.24) is 28.5 Å². The predicted octanol–water partition coefficient (Wildman–Crippen LogP) is 2.45. The fraction of sp³-hybridized carbons (Fsp3) is 0.500. The summed E-state index contributed by atoms with van der Waals surface area (Å²) in [5.41, 5.74) is 1.82. The van der Waals surface area contributed by atoms with Crippen molar-refractivity contribution < 1.29 is 18.0 Å². The summed E-state index contributed by atoms with van der Waals surface area (Å²) in [7, 11) is -3.84. The number of pyridine rings is 2. The molecule has 6 rings (SSSR count). The van der Waals surface area contributed by atoms with Gasteiger partial charge in [0.1, 0.15) is 11.5 Å². The van der Waals surface area contributed by atoms with Gasteiger partial charge in [0.05, 0.1) is 17.4 Å². The zero-order chi connectivity index (χ0) is 29.6. The van der Waals surface area contributed by atoms with E-state index in [1.54, 1.807) is 30.0 Å². The van der Waals surface area contributed by atoms with Crippen molar-refractivity contribution in [3.05, 3.63) is 46.0 Å². The number of aryl methyl sites for hydroxylation is 1. The molecule has 14 heteroatoms. The Morgan fingerprint density at radius 2 is 1.69 bits per heavy atom. The van der Waals surface area contributed by atoms with E-state index in [9.17, 15) is 22.8 Å². The number of piperazine rings is 1. The Morgan fingerprint density at radius 1 is 0.976 bits per heavy atom. The van der Waals surface area contributed by atoms with Gasteiger partial charge in [-0.2, -0.15) is 17.7 Å². The Balaban J connectivity index is 1.17. The number of carbonyl (C=O) groups is 2. The maximum Gasteiger partial charge on any atom is 0.303 e. The lowest BCUT2D eigenvalue weighted by atomic mass is 10.0. The average Bonchev–Trinajstić information content (AvgIpc) is 3.69. The van der Waals surface area contributed by atoms with Crippen LogP contribution in [0.15, 0.2) is 29.3 Å². The van der Waals surface area contributed by atoms with Crippen LogP contribution in [0, 0.1) is 12.8 Å². The number of nitrogens with zero attached hydrogens (tertiary/aromatic N) is 6. The van der Waals surface area contributed by atoms with Gasteiger partial charge in [-0.1, -0.05) is 12.8 Å². The van der Waals surface area contributed by atoms with E-state index in [-0.39, 0.29) is 47.9 Å². The van der Waals surface area contributed by atoms with Crippen LogP contribution < -0.4 is 20.5 Å². The molecule has 13 nitrogen and oxygen atoms in total. The molecule has 3 aliphatic rings. The molecule has 0 bridgehead atoms. The number of hydrogen-bond donors (Lipinski definition) is 2. The minimum absolute atomic E-state index is 0.0104. The largest absolute Gasteiger partial charge is 0.368 e. The van der Waals surface area contributed by atoms with Crippen molar-refractivity contribution in [2.75, 3.05) is 36.4 Å². The summed E-state index contributed by atoms with van der Waals surface area (Å²) < 4.78 is 30.3. The van der Waals surface area contributed by atoms with E-state index in [1.807, 2.05) is 11.0 Å². The van der Waals surface area contributed by atoms with Crippen molar-refractivity contribution in [1.29, 1.82) is 0 Å². The van der Waals surface area contributed by atoms with Gasteiger partial charge >= 0.3 is 10.2 Å². The van der Waals surface area contributed by atoms with Gasteiger partial charge in [-0.25, -0.2) is 14.7 Å². The van der Waals surface area contributed by atoms with Crippen molar-refractivity contribution in [2.24, 2.45) is 5.92 Å². The summed E-state index contributed by atoms with van der Waals surface area (Å²) >= 11 is 0. The zero-order valence-electron chi connectivity index (χ0n) is 23.7. The highest BCUT2D eigenvalue weighted by Gasteiger charge is 2.35. The summed E-state index contributed by atoms with van der Waals surface area (Å²) in [6, 6.07) is 3.66. The van der Waals surface area contributed by atoms with Crippen LogP contribution in [0.5, 0.6) is 0 Å². The van der Waals surface area contributed by atoms with Crippen LogP contribution in [0.2, 0.25) is 0 Å². The number of carbonyl (C=O) groups excluding carboxylic acids is 2. The number of ketones is 1. The summed E-state index contributed by atoms with van der Waals surface area (Å²) in [6.45, 7) is 4.60. The smallest absolute Gasteiger partial charge is 0.303 e. The molecule has 2 saturated carbocycles. The highest BCUT2D eigenvalue weighted by Crippen LogP contribution is 2.32. The highest BCUT2D eigenvalue weighted by atomic mass is 32.2. The minimum atomic E-state index is -3.84. The lowest BCUT2D eigenvalue weighted by Gasteiger charge is -2.35. The first-order valence-electron chi connectivity index (χ1n) is 14.3. The first-order valence-corrected chi connectivity index (χ1v) is 15.8. The van der Waals surface area contributed by atoms with E-state index in [2.05, 4.69) is 20.0 Å². The molecule has 1 aliphatic heterocycles. The second-order valence-electron chi connectivity index (χ2n) is 11.3. The molecule has 4 heterocycles. The van der Waals surface area contributed by atoms with E-state index in [0.29, 0.717) is 35.5 Å². The van der Waals surface area contributed by atoms with E-state index in [0.717, 1.165) is 44.2 Å². The third kappa shape index (κ3) is 5.48. The Kier molecular flexibility index (Phi) is 7.43. The minimum Gasteiger partial charge on any atom is -0.368 e. The van der Waals surface area contributed by atoms with E-state index in [4.69, 9.17) is 4.98 Å². The van der Waals surface area contributed by atoms with Gasteiger partial charge < -0.3 is 10.2 Å². The van der Waals surface area contributed by atoms with Crippen LogP contribution in [0.25, 0.3) is 11.0 Å². The number of amides is 1. The summed E-state index contributed by atoms with van der Waals surface area (Å²) in [4.78, 5) is 53.4. The zero-order valence-corrected chi connectivity index (χ0v) is 24.5. The molecule has 3 fully saturated rings. The third-order valence-corrected chi connectivity index (χ3v) is 9.86. The van der Waals surface area contributed by atoms with Crippen LogP contribution >= 0.6 is 0 Å². The molecular weight excluding hydrogens is 560 g/mol. The van der Waals surface area contributed by atoms with Gasteiger partial charge in [0.2, 0.25) is 11.9 Å². The average molecular weight is 595 g/mol. The third-order valence-electron chi connectivity index (χ3n) is 8.36. The van der Waals surface area contributed by atoms with E-state index >= 15 is 0 Å². The summed E-state index contributed by atoms with van der Waals surface area (Å²) in [5.74, 6) is -0.0657. The van der Waals surface area contributed by atoms with Crippen LogP contribution in [-0.4, -0.2) is 70.1 Å². The standard InChI is InChI=1S/C28H34N8O5S/c1-17-22-16-30-28(32-25(22)36(20-5-3-4-6-20)27(39)24(17)18(2)37)31-23-10-9-21(15-29-23)34-11-13-35(14-12-34)42(40,41)33-26(38)19-7-8-19/h9-10,15-16,19-20H,3-8,11-14H2,1-2H3,(H,33,38)(H,29,30,31,32). The number of aromatic nitrogens is 4. The molecule has 0 spiro atoms. The monoisotopic (exact) mass is 594 g/mol. The van der Waals surface area contributed by atoms with Crippen LogP contribution in [-0.2, 0) is 15.0 Å². The summed E-state index contributed by atoms with van der Waals surface area (Å²) in [6.07, 6.45) is 8.59. The lowest BCUT2D eigenvalue weighted by Crippen LogP contribution is -2.53. The number of nitrogens with one attached hydrogen (secondary N) is 2. The maximum absolute atomic E-state index is 13.4. The quantitative estimate of drug-likeness (QED) is 0.371. The van der Waals surface area contributed by atoms with Gasteiger partial charge in [0, 0.05) is 49.7 Å². The SMILES string of the molecule is CC(=O)c1c(C)c2cnc(Nc3ccc(N4CCN(S(=O)(=O)NC(=O)C5CC5)CC4)cn3)nc2n(C2CCCC2)c1=O. The van der Waals surface area contributed by atoms with Crippen molar-refractivity contribution in [3.8, 4) is 0 Å². The number of anilines is 3. The first-order chi connectivity index (χ1) is 20.1. The van der Waals surface area contributed by atoms with Crippen molar-refractivity contribution in [3.63, 3.8) is 0 Å². The second kappa shape index (κ2) is 11.1. The summed E-state index contributed by atoms with van der Waals surface area (Å²) in [5, 5.41) is 3.79. The molecule has 42 heavy (non-hydrogen) atoms. The lowest BCUT2D eigenvalue weighted by molar-refractivity contribution is -0.120. The van der Waals surface area contributed by atoms with Crippen molar-refractivity contribution >= 4 is 50.4 Å². The number of hydrogen-bond acceptors (Lipinski definition) is 10. The molecule has 0 atom stereocenters. The Morgan fingerprint density at radius 3 is 2.31 bits per heavy atom. The molecule has 1 saturated heterocycles. The molecule has 2 aliphatic carbocycles. The molecule has 1 amide bonds. The number of fused-ring (bicyclic) bond motifs is 1. The van der Waals surface area contributed by atoms with E-state index in [1.165, 1.54) is 11.2 Å². The molecule has 0 unspecified atom stereocenters. The predicted molar refractivity (Wildman–Crippen MR) is 157 cm³/mol. The Labute approximate surface area is 243 Å². The molecule has 2 N–H and O–H groups in total. The first kappa shape index (κ1) is 28.2. The molecule has 0 aromatic carbocycles. The van der Waals surface area contributed by atoms with E-state index < -0.39 is 16.1 Å². The molecule has 3 aromatic rings. The van der Waals surface area contributed by atoms with Gasteiger partial charge in [-0.15, -0.1) is 0 Å². The number of rotatable bonds is 8. The fourth-order valence-corrected chi connectivity index (χ4v) is 7.07. The maximum atomic E-state index is 13.4. The van der Waals surface area contributed by atoms with Crippen LogP contribution in [0.1, 0.15) is 67.4 Å². The van der Waals surface area contributed by atoms with Crippen molar-refractivity contribution in [2.45, 2.75) is 58.4 Å². The van der Waals surface area contributed by atoms with Crippen LogP contribution in [0.3, 0.4) is 0 Å². The van der Waals surface area contributed by atoms with Gasteiger partial charge in [-0.05, 0) is 57.2 Å². The number of Topliss-reactive ketones (excluding diaryl/α,β-unsaturated/α-hetero) is 1. The molecular formula is C28H34N8O5S. The topological polar surface area (TPSA) is 159 Å². The molecule has 0 radical (unpaired) electrons. The van der Waals surface area contributed by atoms with Gasteiger partial charge in [-0.3, -0.25) is 19.0 Å².